The first-order chi connectivity index (χ1) is 40.3. The van der Waals surface area contributed by atoms with Crippen LogP contribution in [0.1, 0.15) is 124 Å². The lowest BCUT2D eigenvalue weighted by atomic mass is 9.98. The van der Waals surface area contributed by atoms with Crippen LogP contribution in [0.2, 0.25) is 0 Å². The molecular formula is C61H90F2N12O10. The van der Waals surface area contributed by atoms with E-state index in [2.05, 4.69) is 42.5 Å². The number of benzene rings is 2. The van der Waals surface area contributed by atoms with Gasteiger partial charge in [0, 0.05) is 19.4 Å². The summed E-state index contributed by atoms with van der Waals surface area (Å²) < 4.78 is 31.4. The molecule has 24 heteroatoms. The molecule has 0 bridgehead atoms. The van der Waals surface area contributed by atoms with Gasteiger partial charge in [-0.1, -0.05) is 116 Å². The molecule has 2 aromatic rings. The summed E-state index contributed by atoms with van der Waals surface area (Å²) in [5, 5.41) is 22.1. The molecule has 4 fully saturated rings. The molecule has 0 aromatic heterocycles. The standard InChI is InChI=1S/C61H90F2N12O10/c1-33(2)28-42-53(78)70-44(30-37-18-11-9-12-19-37)59(84)74-27-17-24-46(74)55(80)72-48(35(5)6)57(82)66-40(22-15-25-64)52(77)69-43(29-34(3)4)54(79)71-45(31-38-20-13-10-14-21-38)60(85)75-47(32-39-50(75)61(39,62)63)56(81)73-49(36(7)8)58(83)67-41(23-16-26-65)51(76)68-42/h9-14,18-21,33-36,39-50H,15-17,22-32,64-65H2,1-8H3,(H,66,82)(H,67,83)(H,68,76)(H,69,77)(H,70,78)(H,71,79)(H,72,80)(H,73,81)/t39-,40+,41+,42+,43+,44-,45-,46+,47+,48+,49+,50+/m1/s1. The molecule has 3 saturated heterocycles. The summed E-state index contributed by atoms with van der Waals surface area (Å²) >= 11 is 0. The van der Waals surface area contributed by atoms with Gasteiger partial charge in [-0.15, -0.1) is 0 Å². The van der Waals surface area contributed by atoms with E-state index in [4.69, 9.17) is 11.5 Å². The van der Waals surface area contributed by atoms with Crippen molar-refractivity contribution >= 4 is 59.1 Å². The fourth-order valence-corrected chi connectivity index (χ4v) is 11.7. The maximum atomic E-state index is 15.7. The van der Waals surface area contributed by atoms with Gasteiger partial charge in [0.1, 0.15) is 66.5 Å². The predicted octanol–water partition coefficient (Wildman–Crippen LogP) is 1.47. The Hall–Kier alpha value is -7.08. The van der Waals surface area contributed by atoms with Crippen LogP contribution in [0.25, 0.3) is 0 Å². The van der Waals surface area contributed by atoms with Gasteiger partial charge in [-0.2, -0.15) is 0 Å². The minimum atomic E-state index is -3.39. The van der Waals surface area contributed by atoms with E-state index in [-0.39, 0.29) is 89.3 Å². The van der Waals surface area contributed by atoms with Gasteiger partial charge < -0.3 is 63.8 Å². The van der Waals surface area contributed by atoms with Crippen LogP contribution in [0.5, 0.6) is 0 Å². The molecular weight excluding hydrogens is 1100 g/mol. The van der Waals surface area contributed by atoms with E-state index in [0.717, 1.165) is 4.90 Å². The zero-order chi connectivity index (χ0) is 62.4. The number of nitrogens with one attached hydrogen (secondary N) is 8. The normalized spacial score (nSPS) is 28.8. The Balaban J connectivity index is 1.42. The Bertz CT molecular complexity index is 2680. The highest BCUT2D eigenvalue weighted by molar-refractivity contribution is 6.00. The largest absolute Gasteiger partial charge is 0.343 e. The number of nitrogens with zero attached hydrogens (tertiary/aromatic N) is 2. The highest BCUT2D eigenvalue weighted by Crippen LogP contribution is 2.60. The van der Waals surface area contributed by atoms with E-state index >= 15 is 13.6 Å². The Labute approximate surface area is 497 Å². The Morgan fingerprint density at radius 3 is 1.29 bits per heavy atom. The number of alkyl halides is 2. The number of halogens is 2. The van der Waals surface area contributed by atoms with Crippen LogP contribution >= 0.6 is 0 Å². The molecule has 2 aromatic carbocycles. The molecule has 0 radical (unpaired) electrons. The molecule has 85 heavy (non-hydrogen) atoms. The van der Waals surface area contributed by atoms with Gasteiger partial charge in [0.2, 0.25) is 59.1 Å². The van der Waals surface area contributed by atoms with E-state index < -0.39 is 156 Å². The van der Waals surface area contributed by atoms with Crippen LogP contribution in [0.15, 0.2) is 60.7 Å². The number of hydrogen-bond donors (Lipinski definition) is 10. The lowest BCUT2D eigenvalue weighted by Gasteiger charge is -2.34. The number of hydrogen-bond acceptors (Lipinski definition) is 12. The molecule has 0 spiro atoms. The van der Waals surface area contributed by atoms with Crippen LogP contribution in [-0.2, 0) is 60.8 Å². The second-order valence-corrected chi connectivity index (χ2v) is 24.7. The third kappa shape index (κ3) is 17.5. The van der Waals surface area contributed by atoms with Gasteiger partial charge >= 0.3 is 0 Å². The van der Waals surface area contributed by atoms with Crippen molar-refractivity contribution in [2.45, 2.75) is 198 Å². The van der Waals surface area contributed by atoms with Gasteiger partial charge in [-0.05, 0) is 106 Å². The van der Waals surface area contributed by atoms with Gasteiger partial charge in [0.25, 0.3) is 5.92 Å². The number of carbonyl (C=O) groups is 10. The summed E-state index contributed by atoms with van der Waals surface area (Å²) in [6.45, 7) is 14.2. The number of amides is 10. The average Bonchev–Trinajstić information content (AvgIpc) is 1.54. The van der Waals surface area contributed by atoms with Gasteiger partial charge in [0.15, 0.2) is 0 Å². The van der Waals surface area contributed by atoms with Crippen molar-refractivity contribution in [3.05, 3.63) is 71.8 Å². The molecule has 12 atom stereocenters. The molecule has 10 amide bonds. The molecule has 3 aliphatic heterocycles. The summed E-state index contributed by atoms with van der Waals surface area (Å²) in [6.07, 6.45) is 0.474. The average molecular weight is 1190 g/mol. The maximum Gasteiger partial charge on any atom is 0.273 e. The molecule has 22 nitrogen and oxygen atoms in total. The second kappa shape index (κ2) is 30.3. The summed E-state index contributed by atoms with van der Waals surface area (Å²) in [5.74, 6) is -14.4. The first-order valence-corrected chi connectivity index (χ1v) is 30.2. The molecule has 468 valence electrons. The monoisotopic (exact) mass is 1190 g/mol. The molecule has 1 saturated carbocycles. The fourth-order valence-electron chi connectivity index (χ4n) is 11.7. The third-order valence-corrected chi connectivity index (χ3v) is 16.3. The number of fused-ring (bicyclic) bond motifs is 4. The minimum absolute atomic E-state index is 0.00246. The van der Waals surface area contributed by atoms with Crippen LogP contribution in [0.3, 0.4) is 0 Å². The SMILES string of the molecule is CC(C)C[C@@H]1NC(=O)[C@H](CCCN)NC(=O)[C@H](C(C)C)NC(=O)[C@@H]2C[C@@H]3[C@H](N2C(=O)[C@@H](Cc2ccccc2)NC(=O)[C@H](CC(C)C)NC(=O)[C@H](CCCN)NC(=O)[C@H](C(C)C)NC(=O)[C@@H]2CCCN2C(=O)[C@@H](Cc2ccccc2)NC1=O)C3(F)F. The Kier molecular flexibility index (Phi) is 23.9. The van der Waals surface area contributed by atoms with E-state index in [1.54, 1.807) is 102 Å². The van der Waals surface area contributed by atoms with Gasteiger partial charge in [0.05, 0.1) is 5.92 Å². The lowest BCUT2D eigenvalue weighted by Crippen LogP contribution is -2.62. The fraction of sp³-hybridized carbons (Fsp3) is 0.639. The molecule has 1 aliphatic carbocycles. The summed E-state index contributed by atoms with van der Waals surface area (Å²) in [4.78, 5) is 148. The first kappa shape index (κ1) is 67.1. The van der Waals surface area contributed by atoms with Crippen molar-refractivity contribution in [1.82, 2.24) is 52.3 Å². The quantitative estimate of drug-likeness (QED) is 0.114. The molecule has 6 rings (SSSR count). The molecule has 12 N–H and O–H groups in total. The number of rotatable bonds is 16. The smallest absolute Gasteiger partial charge is 0.273 e. The van der Waals surface area contributed by atoms with Crippen molar-refractivity contribution in [3.63, 3.8) is 0 Å². The third-order valence-electron chi connectivity index (χ3n) is 16.3. The van der Waals surface area contributed by atoms with Crippen LogP contribution in [0, 0.1) is 29.6 Å². The van der Waals surface area contributed by atoms with Gasteiger partial charge in [-0.25, -0.2) is 8.78 Å². The number of carbonyl (C=O) groups excluding carboxylic acids is 10. The predicted molar refractivity (Wildman–Crippen MR) is 313 cm³/mol. The van der Waals surface area contributed by atoms with Crippen molar-refractivity contribution in [2.24, 2.45) is 41.1 Å². The summed E-state index contributed by atoms with van der Waals surface area (Å²) in [7, 11) is 0. The topological polar surface area (TPSA) is 325 Å². The Morgan fingerprint density at radius 2 is 0.882 bits per heavy atom. The number of piperidine rings is 1. The lowest BCUT2D eigenvalue weighted by molar-refractivity contribution is -0.146. The summed E-state index contributed by atoms with van der Waals surface area (Å²) in [6, 6.07) is 2.29. The van der Waals surface area contributed by atoms with Crippen molar-refractivity contribution < 1.29 is 56.7 Å². The van der Waals surface area contributed by atoms with Gasteiger partial charge in [-0.3, -0.25) is 47.9 Å². The molecule has 3 heterocycles. The van der Waals surface area contributed by atoms with Crippen molar-refractivity contribution in [1.29, 1.82) is 0 Å². The summed E-state index contributed by atoms with van der Waals surface area (Å²) in [5.41, 5.74) is 13.0. The van der Waals surface area contributed by atoms with Crippen LogP contribution < -0.4 is 54.0 Å². The second-order valence-electron chi connectivity index (χ2n) is 24.7. The van der Waals surface area contributed by atoms with E-state index in [1.165, 1.54) is 4.90 Å². The van der Waals surface area contributed by atoms with E-state index in [9.17, 15) is 43.2 Å². The molecule has 0 unspecified atom stereocenters. The maximum absolute atomic E-state index is 15.7. The van der Waals surface area contributed by atoms with Crippen molar-refractivity contribution in [2.75, 3.05) is 19.6 Å². The zero-order valence-corrected chi connectivity index (χ0v) is 50.3. The number of nitrogens with two attached hydrogens (primary N) is 2. The highest BCUT2D eigenvalue weighted by atomic mass is 19.3. The van der Waals surface area contributed by atoms with E-state index in [0.29, 0.717) is 17.5 Å². The highest BCUT2D eigenvalue weighted by Gasteiger charge is 2.77. The van der Waals surface area contributed by atoms with Crippen LogP contribution in [-0.4, -0.2) is 161 Å². The first-order valence-electron chi connectivity index (χ1n) is 30.2. The van der Waals surface area contributed by atoms with Crippen molar-refractivity contribution in [3.8, 4) is 0 Å². The zero-order valence-electron chi connectivity index (χ0n) is 50.3. The van der Waals surface area contributed by atoms with Crippen LogP contribution in [0.4, 0.5) is 8.78 Å². The molecule has 4 aliphatic rings. The van der Waals surface area contributed by atoms with E-state index in [1.807, 2.05) is 13.8 Å². The Morgan fingerprint density at radius 1 is 0.494 bits per heavy atom. The minimum Gasteiger partial charge on any atom is -0.343 e.